The second kappa shape index (κ2) is 9.05. The molecule has 136 valence electrons. The Balaban J connectivity index is 2.12. The molecule has 0 aromatic heterocycles. The number of nitrogens with one attached hydrogen (secondary N) is 2. The van der Waals surface area contributed by atoms with Gasteiger partial charge in [0.2, 0.25) is 5.91 Å². The molecule has 26 heavy (non-hydrogen) atoms. The van der Waals surface area contributed by atoms with Gasteiger partial charge in [0.15, 0.2) is 0 Å². The summed E-state index contributed by atoms with van der Waals surface area (Å²) < 4.78 is 4.73. The molecule has 0 aliphatic rings. The van der Waals surface area contributed by atoms with Crippen molar-refractivity contribution in [1.82, 2.24) is 0 Å². The minimum absolute atomic E-state index is 0.160. The van der Waals surface area contributed by atoms with E-state index in [-0.39, 0.29) is 17.8 Å². The van der Waals surface area contributed by atoms with E-state index in [1.807, 2.05) is 6.07 Å². The first kappa shape index (κ1) is 19.5. The summed E-state index contributed by atoms with van der Waals surface area (Å²) >= 11 is 1.27. The zero-order valence-corrected chi connectivity index (χ0v) is 15.6. The van der Waals surface area contributed by atoms with E-state index in [2.05, 4.69) is 10.6 Å². The van der Waals surface area contributed by atoms with Crippen LogP contribution in [-0.2, 0) is 14.3 Å². The molecule has 2 N–H and O–H groups in total. The van der Waals surface area contributed by atoms with Gasteiger partial charge in [-0.3, -0.25) is 14.4 Å². The summed E-state index contributed by atoms with van der Waals surface area (Å²) in [6, 6.07) is 13.9. The molecule has 6 nitrogen and oxygen atoms in total. The molecule has 1 atom stereocenters. The SMILES string of the molecule is COC(=O)C(C)Sc1ccccc1C(=O)Nc1ccc(NC(C)=O)cc1. The number of hydrogen-bond donors (Lipinski definition) is 2. The highest BCUT2D eigenvalue weighted by atomic mass is 32.2. The van der Waals surface area contributed by atoms with Gasteiger partial charge in [-0.05, 0) is 43.3 Å². The number of rotatable bonds is 6. The van der Waals surface area contributed by atoms with Gasteiger partial charge in [-0.1, -0.05) is 12.1 Å². The smallest absolute Gasteiger partial charge is 0.318 e. The van der Waals surface area contributed by atoms with Crippen molar-refractivity contribution in [3.05, 3.63) is 54.1 Å². The van der Waals surface area contributed by atoms with Crippen LogP contribution in [-0.4, -0.2) is 30.1 Å². The molecule has 0 aliphatic heterocycles. The molecule has 2 amide bonds. The van der Waals surface area contributed by atoms with E-state index in [9.17, 15) is 14.4 Å². The summed E-state index contributed by atoms with van der Waals surface area (Å²) in [5.41, 5.74) is 1.72. The van der Waals surface area contributed by atoms with Gasteiger partial charge in [0.25, 0.3) is 5.91 Å². The predicted molar refractivity (Wildman–Crippen MR) is 102 cm³/mol. The van der Waals surface area contributed by atoms with Crippen LogP contribution in [0.3, 0.4) is 0 Å². The van der Waals surface area contributed by atoms with Crippen LogP contribution in [0.2, 0.25) is 0 Å². The van der Waals surface area contributed by atoms with E-state index >= 15 is 0 Å². The van der Waals surface area contributed by atoms with Crippen molar-refractivity contribution in [3.63, 3.8) is 0 Å². The van der Waals surface area contributed by atoms with Crippen molar-refractivity contribution in [2.75, 3.05) is 17.7 Å². The van der Waals surface area contributed by atoms with Crippen molar-refractivity contribution in [2.45, 2.75) is 24.0 Å². The van der Waals surface area contributed by atoms with Gasteiger partial charge < -0.3 is 15.4 Å². The number of carbonyl (C=O) groups is 3. The first-order valence-corrected chi connectivity index (χ1v) is 8.81. The highest BCUT2D eigenvalue weighted by Crippen LogP contribution is 2.28. The Labute approximate surface area is 156 Å². The largest absolute Gasteiger partial charge is 0.468 e. The third-order valence-corrected chi connectivity index (χ3v) is 4.59. The summed E-state index contributed by atoms with van der Waals surface area (Å²) in [5.74, 6) is -0.788. The quantitative estimate of drug-likeness (QED) is 0.598. The molecule has 0 aliphatic carbocycles. The maximum atomic E-state index is 12.6. The fraction of sp³-hybridized carbons (Fsp3) is 0.211. The standard InChI is InChI=1S/C19H20N2O4S/c1-12(19(24)25-3)26-17-7-5-4-6-16(17)18(23)21-15-10-8-14(9-11-15)20-13(2)22/h4-12H,1-3H3,(H,20,22)(H,21,23). The third-order valence-electron chi connectivity index (χ3n) is 3.43. The lowest BCUT2D eigenvalue weighted by Crippen LogP contribution is -2.17. The molecule has 2 aromatic rings. The number of carbonyl (C=O) groups excluding carboxylic acids is 3. The minimum atomic E-state index is -0.425. The molecular formula is C19H20N2O4S. The van der Waals surface area contributed by atoms with E-state index in [1.165, 1.54) is 25.8 Å². The van der Waals surface area contributed by atoms with Crippen LogP contribution in [0.15, 0.2) is 53.4 Å². The van der Waals surface area contributed by atoms with Crippen LogP contribution >= 0.6 is 11.8 Å². The second-order valence-electron chi connectivity index (χ2n) is 5.49. The zero-order valence-electron chi connectivity index (χ0n) is 14.7. The van der Waals surface area contributed by atoms with Crippen molar-refractivity contribution in [3.8, 4) is 0 Å². The van der Waals surface area contributed by atoms with E-state index in [1.54, 1.807) is 49.4 Å². The molecule has 0 saturated heterocycles. The Kier molecular flexibility index (Phi) is 6.80. The van der Waals surface area contributed by atoms with Crippen LogP contribution in [0, 0.1) is 0 Å². The third kappa shape index (κ3) is 5.35. The first-order chi connectivity index (χ1) is 12.4. The van der Waals surface area contributed by atoms with E-state index < -0.39 is 5.25 Å². The number of esters is 1. The topological polar surface area (TPSA) is 84.5 Å². The monoisotopic (exact) mass is 372 g/mol. The van der Waals surface area contributed by atoms with Crippen molar-refractivity contribution in [1.29, 1.82) is 0 Å². The molecule has 0 bridgehead atoms. The lowest BCUT2D eigenvalue weighted by Gasteiger charge is -2.13. The minimum Gasteiger partial charge on any atom is -0.468 e. The van der Waals surface area contributed by atoms with Crippen molar-refractivity contribution >= 4 is 40.9 Å². The van der Waals surface area contributed by atoms with Gasteiger partial charge in [0.1, 0.15) is 5.25 Å². The average Bonchev–Trinajstić information content (AvgIpc) is 2.62. The number of amides is 2. The summed E-state index contributed by atoms with van der Waals surface area (Å²) in [5, 5.41) is 5.05. The summed E-state index contributed by atoms with van der Waals surface area (Å²) in [7, 11) is 1.34. The Bertz CT molecular complexity index is 805. The Hall–Kier alpha value is -2.80. The first-order valence-electron chi connectivity index (χ1n) is 7.93. The Morgan fingerprint density at radius 2 is 1.54 bits per heavy atom. The highest BCUT2D eigenvalue weighted by Gasteiger charge is 2.19. The van der Waals surface area contributed by atoms with Crippen molar-refractivity contribution < 1.29 is 19.1 Å². The Morgan fingerprint density at radius 3 is 2.12 bits per heavy atom. The lowest BCUT2D eigenvalue weighted by atomic mass is 10.2. The fourth-order valence-electron chi connectivity index (χ4n) is 2.20. The highest BCUT2D eigenvalue weighted by molar-refractivity contribution is 8.00. The molecule has 0 spiro atoms. The average molecular weight is 372 g/mol. The summed E-state index contributed by atoms with van der Waals surface area (Å²) in [6.07, 6.45) is 0. The molecule has 2 rings (SSSR count). The second-order valence-corrected chi connectivity index (χ2v) is 6.87. The number of anilines is 2. The number of benzene rings is 2. The van der Waals surface area contributed by atoms with Gasteiger partial charge >= 0.3 is 5.97 Å². The maximum Gasteiger partial charge on any atom is 0.318 e. The fourth-order valence-corrected chi connectivity index (χ4v) is 3.22. The van der Waals surface area contributed by atoms with E-state index in [0.717, 1.165) is 0 Å². The normalized spacial score (nSPS) is 11.3. The molecule has 2 aromatic carbocycles. The molecule has 0 radical (unpaired) electrons. The van der Waals surface area contributed by atoms with Crippen molar-refractivity contribution in [2.24, 2.45) is 0 Å². The zero-order chi connectivity index (χ0) is 19.1. The summed E-state index contributed by atoms with van der Waals surface area (Å²) in [6.45, 7) is 3.16. The number of methoxy groups -OCH3 is 1. The van der Waals surface area contributed by atoms with E-state index in [4.69, 9.17) is 4.74 Å². The van der Waals surface area contributed by atoms with Crippen LogP contribution < -0.4 is 10.6 Å². The number of ether oxygens (including phenoxy) is 1. The molecule has 0 heterocycles. The van der Waals surface area contributed by atoms with Gasteiger partial charge in [0, 0.05) is 23.2 Å². The molecular weight excluding hydrogens is 352 g/mol. The van der Waals surface area contributed by atoms with Crippen LogP contribution in [0.4, 0.5) is 11.4 Å². The van der Waals surface area contributed by atoms with Crippen LogP contribution in [0.1, 0.15) is 24.2 Å². The van der Waals surface area contributed by atoms with Gasteiger partial charge in [-0.2, -0.15) is 0 Å². The predicted octanol–water partition coefficient (Wildman–Crippen LogP) is 3.55. The molecule has 1 unspecified atom stereocenters. The molecule has 7 heteroatoms. The van der Waals surface area contributed by atoms with Gasteiger partial charge in [-0.25, -0.2) is 0 Å². The lowest BCUT2D eigenvalue weighted by molar-refractivity contribution is -0.139. The maximum absolute atomic E-state index is 12.6. The van der Waals surface area contributed by atoms with Crippen LogP contribution in [0.5, 0.6) is 0 Å². The van der Waals surface area contributed by atoms with E-state index in [0.29, 0.717) is 21.8 Å². The number of thioether (sulfide) groups is 1. The Morgan fingerprint density at radius 1 is 0.962 bits per heavy atom. The van der Waals surface area contributed by atoms with Gasteiger partial charge in [-0.15, -0.1) is 11.8 Å². The summed E-state index contributed by atoms with van der Waals surface area (Å²) in [4.78, 5) is 36.0. The molecule has 0 fully saturated rings. The van der Waals surface area contributed by atoms with Gasteiger partial charge in [0.05, 0.1) is 12.7 Å². The molecule has 0 saturated carbocycles. The number of hydrogen-bond acceptors (Lipinski definition) is 5. The van der Waals surface area contributed by atoms with Crippen LogP contribution in [0.25, 0.3) is 0 Å².